The van der Waals surface area contributed by atoms with Crippen LogP contribution in [0.5, 0.6) is 5.75 Å². The zero-order valence-corrected chi connectivity index (χ0v) is 9.21. The SMILES string of the molecule is CNC(C)c1ccc(OCOC)c(F)c1. The lowest BCUT2D eigenvalue weighted by molar-refractivity contribution is 0.0482. The second-order valence-corrected chi connectivity index (χ2v) is 3.25. The molecule has 1 aromatic carbocycles. The van der Waals surface area contributed by atoms with Crippen LogP contribution in [0.2, 0.25) is 0 Å². The molecule has 0 aliphatic heterocycles. The molecule has 0 fully saturated rings. The number of halogens is 1. The van der Waals surface area contributed by atoms with Crippen molar-refractivity contribution in [1.29, 1.82) is 0 Å². The average Bonchev–Trinajstić information content (AvgIpc) is 2.26. The molecule has 1 rings (SSSR count). The summed E-state index contributed by atoms with van der Waals surface area (Å²) in [6, 6.07) is 5.02. The van der Waals surface area contributed by atoms with E-state index in [4.69, 9.17) is 9.47 Å². The number of hydrogen-bond acceptors (Lipinski definition) is 3. The van der Waals surface area contributed by atoms with Crippen molar-refractivity contribution in [2.75, 3.05) is 21.0 Å². The van der Waals surface area contributed by atoms with Crippen LogP contribution < -0.4 is 10.1 Å². The molecule has 4 heteroatoms. The molecule has 1 unspecified atom stereocenters. The Bertz CT molecular complexity index is 317. The first kappa shape index (κ1) is 11.9. The van der Waals surface area contributed by atoms with Crippen molar-refractivity contribution in [3.63, 3.8) is 0 Å². The van der Waals surface area contributed by atoms with E-state index < -0.39 is 0 Å². The van der Waals surface area contributed by atoms with Crippen LogP contribution in [-0.4, -0.2) is 21.0 Å². The Labute approximate surface area is 89.2 Å². The Hall–Kier alpha value is -1.13. The molecule has 0 aliphatic carbocycles. The van der Waals surface area contributed by atoms with E-state index in [9.17, 15) is 4.39 Å². The van der Waals surface area contributed by atoms with Gasteiger partial charge in [-0.1, -0.05) is 6.07 Å². The molecule has 3 nitrogen and oxygen atoms in total. The molecule has 0 saturated carbocycles. The summed E-state index contributed by atoms with van der Waals surface area (Å²) in [7, 11) is 3.33. The van der Waals surface area contributed by atoms with Gasteiger partial charge in [0.25, 0.3) is 0 Å². The Morgan fingerprint density at radius 2 is 2.20 bits per heavy atom. The van der Waals surface area contributed by atoms with Crippen LogP contribution in [0.15, 0.2) is 18.2 Å². The smallest absolute Gasteiger partial charge is 0.188 e. The van der Waals surface area contributed by atoms with Crippen molar-refractivity contribution < 1.29 is 13.9 Å². The van der Waals surface area contributed by atoms with Crippen molar-refractivity contribution >= 4 is 0 Å². The summed E-state index contributed by atoms with van der Waals surface area (Å²) < 4.78 is 23.2. The maximum Gasteiger partial charge on any atom is 0.188 e. The quantitative estimate of drug-likeness (QED) is 0.760. The van der Waals surface area contributed by atoms with Crippen LogP contribution in [-0.2, 0) is 4.74 Å². The van der Waals surface area contributed by atoms with Crippen LogP contribution in [0.25, 0.3) is 0 Å². The van der Waals surface area contributed by atoms with Gasteiger partial charge in [0.05, 0.1) is 0 Å². The maximum atomic E-state index is 13.5. The van der Waals surface area contributed by atoms with Crippen LogP contribution in [0, 0.1) is 5.82 Å². The highest BCUT2D eigenvalue weighted by Gasteiger charge is 2.08. The van der Waals surface area contributed by atoms with Gasteiger partial charge in [-0.05, 0) is 31.7 Å². The van der Waals surface area contributed by atoms with Gasteiger partial charge >= 0.3 is 0 Å². The van der Waals surface area contributed by atoms with Crippen LogP contribution >= 0.6 is 0 Å². The minimum absolute atomic E-state index is 0.0534. The molecule has 1 aromatic rings. The van der Waals surface area contributed by atoms with Crippen molar-refractivity contribution in [3.05, 3.63) is 29.6 Å². The average molecular weight is 213 g/mol. The lowest BCUT2D eigenvalue weighted by atomic mass is 10.1. The molecule has 0 bridgehead atoms. The Morgan fingerprint density at radius 3 is 2.73 bits per heavy atom. The Morgan fingerprint density at radius 1 is 1.47 bits per heavy atom. The van der Waals surface area contributed by atoms with E-state index in [1.807, 2.05) is 20.0 Å². The maximum absolute atomic E-state index is 13.5. The van der Waals surface area contributed by atoms with Gasteiger partial charge in [-0.2, -0.15) is 0 Å². The van der Waals surface area contributed by atoms with E-state index in [2.05, 4.69) is 5.32 Å². The summed E-state index contributed by atoms with van der Waals surface area (Å²) in [5, 5.41) is 3.04. The Kier molecular flexibility index (Phi) is 4.52. The minimum Gasteiger partial charge on any atom is -0.464 e. The monoisotopic (exact) mass is 213 g/mol. The van der Waals surface area contributed by atoms with Crippen LogP contribution in [0.3, 0.4) is 0 Å². The summed E-state index contributed by atoms with van der Waals surface area (Å²) in [6.07, 6.45) is 0. The third kappa shape index (κ3) is 3.18. The molecular formula is C11H16FNO2. The van der Waals surface area contributed by atoms with Crippen molar-refractivity contribution in [2.24, 2.45) is 0 Å². The van der Waals surface area contributed by atoms with Crippen LogP contribution in [0.4, 0.5) is 4.39 Å². The van der Waals surface area contributed by atoms with E-state index in [0.29, 0.717) is 0 Å². The van der Waals surface area contributed by atoms with E-state index in [1.165, 1.54) is 13.2 Å². The van der Waals surface area contributed by atoms with E-state index >= 15 is 0 Å². The zero-order chi connectivity index (χ0) is 11.3. The van der Waals surface area contributed by atoms with Gasteiger partial charge in [0.15, 0.2) is 18.4 Å². The summed E-state index contributed by atoms with van der Waals surface area (Å²) in [6.45, 7) is 2.02. The number of benzene rings is 1. The molecule has 0 aromatic heterocycles. The summed E-state index contributed by atoms with van der Waals surface area (Å²) >= 11 is 0. The molecule has 0 amide bonds. The molecule has 1 atom stereocenters. The first-order valence-electron chi connectivity index (χ1n) is 4.77. The molecule has 1 N–H and O–H groups in total. The number of ether oxygens (including phenoxy) is 2. The molecule has 0 radical (unpaired) electrons. The zero-order valence-electron chi connectivity index (χ0n) is 9.21. The van der Waals surface area contributed by atoms with Gasteiger partial charge in [-0.25, -0.2) is 4.39 Å². The predicted octanol–water partition coefficient (Wildman–Crippen LogP) is 2.09. The fourth-order valence-corrected chi connectivity index (χ4v) is 1.19. The fraction of sp³-hybridized carbons (Fsp3) is 0.455. The lowest BCUT2D eigenvalue weighted by Crippen LogP contribution is -2.12. The van der Waals surface area contributed by atoms with Gasteiger partial charge in [0.2, 0.25) is 0 Å². The van der Waals surface area contributed by atoms with Gasteiger partial charge in [-0.15, -0.1) is 0 Å². The molecular weight excluding hydrogens is 197 g/mol. The van der Waals surface area contributed by atoms with E-state index in [-0.39, 0.29) is 24.4 Å². The molecule has 15 heavy (non-hydrogen) atoms. The number of methoxy groups -OCH3 is 1. The second-order valence-electron chi connectivity index (χ2n) is 3.25. The second kappa shape index (κ2) is 5.68. The highest BCUT2D eigenvalue weighted by Crippen LogP contribution is 2.21. The number of hydrogen-bond donors (Lipinski definition) is 1. The first-order valence-corrected chi connectivity index (χ1v) is 4.77. The predicted molar refractivity (Wildman–Crippen MR) is 56.4 cm³/mol. The highest BCUT2D eigenvalue weighted by atomic mass is 19.1. The third-order valence-corrected chi connectivity index (χ3v) is 2.22. The molecule has 0 aliphatic rings. The first-order chi connectivity index (χ1) is 7.19. The summed E-state index contributed by atoms with van der Waals surface area (Å²) in [5.41, 5.74) is 0.889. The molecule has 0 saturated heterocycles. The highest BCUT2D eigenvalue weighted by molar-refractivity contribution is 5.30. The van der Waals surface area contributed by atoms with E-state index in [1.54, 1.807) is 6.07 Å². The van der Waals surface area contributed by atoms with E-state index in [0.717, 1.165) is 5.56 Å². The van der Waals surface area contributed by atoms with Crippen molar-refractivity contribution in [2.45, 2.75) is 13.0 Å². The molecule has 0 spiro atoms. The molecule has 84 valence electrons. The third-order valence-electron chi connectivity index (χ3n) is 2.22. The topological polar surface area (TPSA) is 30.5 Å². The standard InChI is InChI=1S/C11H16FNO2/c1-8(13-2)9-4-5-11(10(12)6-9)15-7-14-3/h4-6,8,13H,7H2,1-3H3. The van der Waals surface area contributed by atoms with Gasteiger partial charge in [0, 0.05) is 13.2 Å². The fourth-order valence-electron chi connectivity index (χ4n) is 1.19. The summed E-state index contributed by atoms with van der Waals surface area (Å²) in [5.74, 6) is -0.157. The lowest BCUT2D eigenvalue weighted by Gasteiger charge is -2.12. The van der Waals surface area contributed by atoms with Crippen molar-refractivity contribution in [1.82, 2.24) is 5.32 Å². The Balaban J connectivity index is 2.78. The normalized spacial score (nSPS) is 12.5. The number of nitrogens with one attached hydrogen (secondary N) is 1. The number of rotatable bonds is 5. The van der Waals surface area contributed by atoms with Crippen molar-refractivity contribution in [3.8, 4) is 5.75 Å². The minimum atomic E-state index is -0.369. The van der Waals surface area contributed by atoms with Gasteiger partial charge in [-0.3, -0.25) is 0 Å². The van der Waals surface area contributed by atoms with Crippen LogP contribution in [0.1, 0.15) is 18.5 Å². The molecule has 0 heterocycles. The van der Waals surface area contributed by atoms with Gasteiger partial charge in [0.1, 0.15) is 0 Å². The largest absolute Gasteiger partial charge is 0.464 e. The summed E-state index contributed by atoms with van der Waals surface area (Å²) in [4.78, 5) is 0. The van der Waals surface area contributed by atoms with Gasteiger partial charge < -0.3 is 14.8 Å².